The molecule has 3 aromatic rings. The van der Waals surface area contributed by atoms with Crippen molar-refractivity contribution in [2.75, 3.05) is 6.54 Å². The molecule has 1 amide bonds. The van der Waals surface area contributed by atoms with Crippen LogP contribution in [0, 0.1) is 0 Å². The Kier molecular flexibility index (Phi) is 18.2. The molecule has 16 heteroatoms. The number of sulfonamides is 1. The number of carbonyl (C=O) groups is 1. The first-order valence-corrected chi connectivity index (χ1v) is 24.0. The van der Waals surface area contributed by atoms with Crippen molar-refractivity contribution in [1.82, 2.24) is 5.32 Å². The van der Waals surface area contributed by atoms with Crippen LogP contribution in [0.5, 0.6) is 11.5 Å². The Bertz CT molecular complexity index is 1990. The molecule has 3 heterocycles. The molecule has 0 radical (unpaired) electrons. The molecule has 3 aliphatic rings. The van der Waals surface area contributed by atoms with Gasteiger partial charge in [0.05, 0.1) is 60.3 Å². The summed E-state index contributed by atoms with van der Waals surface area (Å²) < 4.78 is 61.1. The zero-order chi connectivity index (χ0) is 44.9. The van der Waals surface area contributed by atoms with E-state index in [1.54, 1.807) is 37.3 Å². The number of aliphatic hydroxyl groups is 2. The molecule has 0 aliphatic carbocycles. The lowest BCUT2D eigenvalue weighted by Crippen LogP contribution is -2.44. The van der Waals surface area contributed by atoms with Gasteiger partial charge in [0.1, 0.15) is 11.5 Å². The van der Waals surface area contributed by atoms with Crippen molar-refractivity contribution >= 4 is 15.9 Å². The second-order valence-electron chi connectivity index (χ2n) is 17.2. The highest BCUT2D eigenvalue weighted by atomic mass is 32.2. The Balaban J connectivity index is 1.01. The van der Waals surface area contributed by atoms with Gasteiger partial charge in [-0.1, -0.05) is 43.3 Å². The van der Waals surface area contributed by atoms with E-state index in [0.29, 0.717) is 62.5 Å². The van der Waals surface area contributed by atoms with Crippen LogP contribution in [0.15, 0.2) is 77.7 Å². The molecule has 3 fully saturated rings. The first-order chi connectivity index (χ1) is 30.2. The fourth-order valence-corrected chi connectivity index (χ4v) is 9.17. The molecule has 63 heavy (non-hydrogen) atoms. The Morgan fingerprint density at radius 2 is 1.16 bits per heavy atom. The molecule has 7 N–H and O–H groups in total. The van der Waals surface area contributed by atoms with Crippen LogP contribution in [-0.4, -0.2) is 96.4 Å². The van der Waals surface area contributed by atoms with Crippen LogP contribution in [0.3, 0.4) is 0 Å². The Morgan fingerprint density at radius 1 is 0.683 bits per heavy atom. The third-order valence-corrected chi connectivity index (χ3v) is 13.0. The number of aliphatic hydroxyl groups excluding tert-OH is 2. The largest absolute Gasteiger partial charge is 0.507 e. The molecule has 3 saturated heterocycles. The quantitative estimate of drug-likeness (QED) is 0.0650. The van der Waals surface area contributed by atoms with Crippen molar-refractivity contribution in [1.29, 1.82) is 0 Å². The Morgan fingerprint density at radius 3 is 1.70 bits per heavy atom. The van der Waals surface area contributed by atoms with Gasteiger partial charge >= 0.3 is 0 Å². The third-order valence-electron chi connectivity index (χ3n) is 12.0. The number of benzene rings is 3. The average Bonchev–Trinajstić information content (AvgIpc) is 3.25. The lowest BCUT2D eigenvalue weighted by Gasteiger charge is -2.38. The zero-order valence-electron chi connectivity index (χ0n) is 36.3. The zero-order valence-corrected chi connectivity index (χ0v) is 37.2. The van der Waals surface area contributed by atoms with Gasteiger partial charge in [-0.2, -0.15) is 0 Å². The second-order valence-corrected chi connectivity index (χ2v) is 18.7. The number of hydrogen-bond donors (Lipinski definition) is 6. The van der Waals surface area contributed by atoms with Crippen molar-refractivity contribution in [2.45, 2.75) is 176 Å². The summed E-state index contributed by atoms with van der Waals surface area (Å²) in [4.78, 5) is 12.8. The van der Waals surface area contributed by atoms with Crippen molar-refractivity contribution < 1.29 is 62.1 Å². The van der Waals surface area contributed by atoms with Crippen LogP contribution < -0.4 is 10.5 Å². The van der Waals surface area contributed by atoms with Crippen molar-refractivity contribution in [3.05, 3.63) is 89.5 Å². The molecular weight excluding hydrogens is 833 g/mol. The van der Waals surface area contributed by atoms with Crippen molar-refractivity contribution in [3.63, 3.8) is 0 Å². The number of phenolic OH excluding ortho intramolecular Hbond substituents is 2. The van der Waals surface area contributed by atoms with Gasteiger partial charge in [-0.15, -0.1) is 0 Å². The van der Waals surface area contributed by atoms with E-state index in [4.69, 9.17) is 33.6 Å². The van der Waals surface area contributed by atoms with E-state index in [9.17, 15) is 33.6 Å². The number of para-hydroxylation sites is 2. The second kappa shape index (κ2) is 23.5. The maximum Gasteiger partial charge on any atom is 0.251 e. The number of ether oxygens (including phenoxy) is 6. The minimum atomic E-state index is -3.89. The minimum absolute atomic E-state index is 0.0113. The van der Waals surface area contributed by atoms with Crippen LogP contribution in [0.4, 0.5) is 0 Å². The first-order valence-electron chi connectivity index (χ1n) is 22.5. The highest BCUT2D eigenvalue weighted by Gasteiger charge is 2.36. The summed E-state index contributed by atoms with van der Waals surface area (Å²) in [5.74, 6) is -0.193. The number of nitrogens with one attached hydrogen (secondary N) is 1. The van der Waals surface area contributed by atoms with Gasteiger partial charge in [0.2, 0.25) is 10.0 Å². The highest BCUT2D eigenvalue weighted by molar-refractivity contribution is 7.89. The number of phenols is 2. The summed E-state index contributed by atoms with van der Waals surface area (Å²) in [5, 5.41) is 50.4. The van der Waals surface area contributed by atoms with Crippen molar-refractivity contribution in [2.24, 2.45) is 5.14 Å². The van der Waals surface area contributed by atoms with Crippen LogP contribution >= 0.6 is 0 Å². The summed E-state index contributed by atoms with van der Waals surface area (Å²) in [6.07, 6.45) is 5.33. The van der Waals surface area contributed by atoms with Gasteiger partial charge in [0, 0.05) is 36.0 Å². The molecule has 0 spiro atoms. The Hall–Kier alpha value is -3.68. The topological polar surface area (TPSA) is 226 Å². The number of nitrogens with two attached hydrogens (primary N) is 1. The van der Waals surface area contributed by atoms with Gasteiger partial charge in [0.25, 0.3) is 5.91 Å². The number of aromatic hydroxyl groups is 2. The summed E-state index contributed by atoms with van der Waals surface area (Å²) in [6, 6.07) is 19.4. The lowest BCUT2D eigenvalue weighted by molar-refractivity contribution is -0.257. The average molecular weight is 899 g/mol. The SMILES string of the molecule is CCC1CC(CCCC2CC(CC(O)CCCC3CC(CCC[C@H](C)O)OC(CNC(=O)c4ccc(S(N)(=O)=O)cc4)O3)OC(c3ccccc3O)O2)OC(c2ccccc2O)O1. The molecule has 10 unspecified atom stereocenters. The monoisotopic (exact) mass is 898 g/mol. The molecule has 11 atom stereocenters. The number of hydrogen-bond acceptors (Lipinski definition) is 13. The molecule has 0 saturated carbocycles. The van der Waals surface area contributed by atoms with Crippen molar-refractivity contribution in [3.8, 4) is 11.5 Å². The van der Waals surface area contributed by atoms with Gasteiger partial charge < -0.3 is 54.2 Å². The van der Waals surface area contributed by atoms with Gasteiger partial charge in [0.15, 0.2) is 18.9 Å². The number of carbonyl (C=O) groups excluding carboxylic acids is 1. The minimum Gasteiger partial charge on any atom is -0.507 e. The maximum absolute atomic E-state index is 12.9. The fraction of sp³-hybridized carbons (Fsp3) is 0.596. The van der Waals surface area contributed by atoms with E-state index in [2.05, 4.69) is 12.2 Å². The molecule has 15 nitrogen and oxygen atoms in total. The number of amides is 1. The maximum atomic E-state index is 12.9. The van der Waals surface area contributed by atoms with Crippen LogP contribution in [0.25, 0.3) is 0 Å². The van der Waals surface area contributed by atoms with E-state index in [1.807, 2.05) is 18.2 Å². The predicted molar refractivity (Wildman–Crippen MR) is 233 cm³/mol. The van der Waals surface area contributed by atoms with Gasteiger partial charge in [-0.05, 0) is 114 Å². The van der Waals surface area contributed by atoms with E-state index in [-0.39, 0.29) is 65.1 Å². The van der Waals surface area contributed by atoms with E-state index in [1.165, 1.54) is 24.3 Å². The molecule has 6 rings (SSSR count). The normalized spacial score (nSPS) is 27.7. The highest BCUT2D eigenvalue weighted by Crippen LogP contribution is 2.39. The predicted octanol–water partition coefficient (Wildman–Crippen LogP) is 6.77. The van der Waals surface area contributed by atoms with E-state index >= 15 is 0 Å². The molecule has 3 aromatic carbocycles. The standard InChI is InChI=1S/C47H66N2O13S/c1-3-33-26-36(60-46(59-33)40-17-4-6-19-42(40)52)15-10-16-37-28-38(62-47(61-37)41-18-5-7-20-43(41)53)25-32(51)12-9-14-35-27-34(13-8-11-30(2)50)57-44(58-35)29-49-45(54)31-21-23-39(24-22-31)63(48,55)56/h4-7,17-24,30,32-38,44,46-47,50-53H,3,8-16,25-29H2,1-2H3,(H,49,54)(H2,48,55,56)/t30-,32?,33?,34?,35?,36?,37?,38?,44?,46?,47?/m0/s1. The Labute approximate surface area is 371 Å². The van der Waals surface area contributed by atoms with Crippen LogP contribution in [0.2, 0.25) is 0 Å². The molecule has 3 aliphatic heterocycles. The van der Waals surface area contributed by atoms with Gasteiger partial charge in [-0.25, -0.2) is 13.6 Å². The molecule has 348 valence electrons. The van der Waals surface area contributed by atoms with E-state index in [0.717, 1.165) is 38.5 Å². The summed E-state index contributed by atoms with van der Waals surface area (Å²) >= 11 is 0. The molecule has 0 bridgehead atoms. The summed E-state index contributed by atoms with van der Waals surface area (Å²) in [5.41, 5.74) is 1.42. The fourth-order valence-electron chi connectivity index (χ4n) is 8.65. The molecule has 0 aromatic heterocycles. The van der Waals surface area contributed by atoms with Crippen LogP contribution in [0.1, 0.15) is 138 Å². The smallest absolute Gasteiger partial charge is 0.251 e. The molecular formula is C47H66N2O13S. The summed E-state index contributed by atoms with van der Waals surface area (Å²) in [7, 11) is -3.89. The number of primary sulfonamides is 1. The van der Waals surface area contributed by atoms with E-state index < -0.39 is 47.0 Å². The summed E-state index contributed by atoms with van der Waals surface area (Å²) in [6.45, 7) is 3.91. The number of rotatable bonds is 21. The first kappa shape index (κ1) is 48.8. The third kappa shape index (κ3) is 14.9. The lowest BCUT2D eigenvalue weighted by atomic mass is 9.95. The van der Waals surface area contributed by atoms with Crippen LogP contribution in [-0.2, 0) is 38.4 Å². The van der Waals surface area contributed by atoms with Gasteiger partial charge in [-0.3, -0.25) is 4.79 Å².